The summed E-state index contributed by atoms with van der Waals surface area (Å²) in [5.74, 6) is -0.678. The number of ether oxygens (including phenoxy) is 1. The largest absolute Gasteiger partial charge is 0.870 e. The second-order valence-electron chi connectivity index (χ2n) is 9.07. The summed E-state index contributed by atoms with van der Waals surface area (Å²) in [7, 11) is 2.85. The first-order valence-electron chi connectivity index (χ1n) is 11.1. The number of amides is 1. The highest BCUT2D eigenvalue weighted by molar-refractivity contribution is 7.47. The molecule has 0 aromatic heterocycles. The Bertz CT molecular complexity index is 818. The molecule has 0 radical (unpaired) electrons. The molecule has 1 amide bonds. The van der Waals surface area contributed by atoms with E-state index in [0.29, 0.717) is 28.2 Å². The molecule has 11 nitrogen and oxygen atoms in total. The zero-order valence-corrected chi connectivity index (χ0v) is 22.4. The number of carboxylic acid groups (broad SMARTS) is 1. The molecule has 0 aliphatic carbocycles. The molecule has 2 atom stereocenters. The van der Waals surface area contributed by atoms with Crippen molar-refractivity contribution >= 4 is 31.3 Å². The quantitative estimate of drug-likeness (QED) is 0.172. The van der Waals surface area contributed by atoms with Crippen LogP contribution >= 0.6 is 19.4 Å². The summed E-state index contributed by atoms with van der Waals surface area (Å²) < 4.78 is 28.1. The number of nitrogens with zero attached hydrogens (tertiary/aromatic N) is 2. The minimum absolute atomic E-state index is 0. The molecule has 0 saturated heterocycles. The van der Waals surface area contributed by atoms with Gasteiger partial charge in [0.1, 0.15) is 18.4 Å². The predicted octanol–water partition coefficient (Wildman–Crippen LogP) is 3.24. The van der Waals surface area contributed by atoms with E-state index in [9.17, 15) is 19.0 Å². The number of rotatable bonds is 17. The first-order chi connectivity index (χ1) is 15.8. The van der Waals surface area contributed by atoms with Crippen LogP contribution in [-0.2, 0) is 23.2 Å². The number of hydrogen-bond donors (Lipinski definition) is 2. The zero-order valence-electron chi connectivity index (χ0n) is 20.8. The topological polar surface area (TPSA) is 153 Å². The summed E-state index contributed by atoms with van der Waals surface area (Å²) >= 11 is 5.82. The van der Waals surface area contributed by atoms with Gasteiger partial charge in [-0.25, -0.2) is 4.57 Å². The lowest BCUT2D eigenvalue weighted by Crippen LogP contribution is -2.42. The number of phosphoric acid groups is 1. The van der Waals surface area contributed by atoms with Gasteiger partial charge in [0.2, 0.25) is 0 Å². The van der Waals surface area contributed by atoms with Gasteiger partial charge in [-0.3, -0.25) is 18.6 Å². The van der Waals surface area contributed by atoms with Gasteiger partial charge in [0.15, 0.2) is 6.61 Å². The van der Waals surface area contributed by atoms with Crippen LogP contribution in [0.3, 0.4) is 0 Å². The Balaban J connectivity index is 0.0000116. The molecule has 2 unspecified atom stereocenters. The van der Waals surface area contributed by atoms with Gasteiger partial charge in [-0.05, 0) is 37.1 Å². The highest BCUT2D eigenvalue weighted by Crippen LogP contribution is 2.45. The number of hydrogen-bond acceptors (Lipinski definition) is 7. The maximum absolute atomic E-state index is 12.2. The SMILES string of the molecule is CN(CCCCCCOP(=O)(O)OC(CC(=O)O)C[N+](C)(C)C)C(=O)COc1ccc(Cl)cc1.[OH-]. The Kier molecular flexibility index (Phi) is 15.3. The van der Waals surface area contributed by atoms with E-state index in [2.05, 4.69) is 0 Å². The van der Waals surface area contributed by atoms with Gasteiger partial charge >= 0.3 is 13.8 Å². The van der Waals surface area contributed by atoms with Gasteiger partial charge in [-0.15, -0.1) is 0 Å². The molecule has 0 aliphatic rings. The average molecular weight is 541 g/mol. The second-order valence-corrected chi connectivity index (χ2v) is 10.9. The maximum Gasteiger partial charge on any atom is 0.472 e. The number of halogens is 1. The summed E-state index contributed by atoms with van der Waals surface area (Å²) in [6.07, 6.45) is 1.51. The van der Waals surface area contributed by atoms with Gasteiger partial charge in [0.25, 0.3) is 5.91 Å². The third kappa shape index (κ3) is 16.6. The lowest BCUT2D eigenvalue weighted by Gasteiger charge is -2.29. The fraction of sp³-hybridized carbons (Fsp3) is 0.636. The van der Waals surface area contributed by atoms with E-state index >= 15 is 0 Å². The Morgan fingerprint density at radius 1 is 1.11 bits per heavy atom. The van der Waals surface area contributed by atoms with Crippen molar-refractivity contribution in [3.63, 3.8) is 0 Å². The van der Waals surface area contributed by atoms with E-state index in [1.54, 1.807) is 36.2 Å². The Hall–Kier alpha value is -1.72. The highest BCUT2D eigenvalue weighted by Gasteiger charge is 2.31. The van der Waals surface area contributed by atoms with Crippen LogP contribution in [0.25, 0.3) is 0 Å². The van der Waals surface area contributed by atoms with E-state index < -0.39 is 19.9 Å². The molecule has 0 fully saturated rings. The number of quaternary nitrogens is 1. The van der Waals surface area contributed by atoms with E-state index in [1.807, 2.05) is 21.1 Å². The molecule has 3 N–H and O–H groups in total. The highest BCUT2D eigenvalue weighted by atomic mass is 35.5. The lowest BCUT2D eigenvalue weighted by atomic mass is 10.2. The van der Waals surface area contributed by atoms with Crippen LogP contribution in [0.15, 0.2) is 24.3 Å². The standard InChI is InChI=1S/C22H36ClN2O8P.H2O/c1-24(21(26)17-31-19-11-9-18(23)10-12-19)13-7-5-6-8-14-32-34(29,30)33-20(15-22(27)28)16-25(2,3)4;/h9-12,20H,5-8,13-17H2,1-4H3,(H-,27,28,29,30);1H2. The van der Waals surface area contributed by atoms with Crippen molar-refractivity contribution in [1.82, 2.24) is 4.90 Å². The number of aliphatic carboxylic acids is 1. The van der Waals surface area contributed by atoms with Crippen LogP contribution in [-0.4, -0.2) is 97.3 Å². The first-order valence-corrected chi connectivity index (χ1v) is 12.9. The van der Waals surface area contributed by atoms with Crippen molar-refractivity contribution in [2.75, 3.05) is 54.5 Å². The van der Waals surface area contributed by atoms with E-state index in [1.165, 1.54) is 0 Å². The zero-order chi connectivity index (χ0) is 25.8. The van der Waals surface area contributed by atoms with Crippen LogP contribution in [0.5, 0.6) is 5.75 Å². The summed E-state index contributed by atoms with van der Waals surface area (Å²) in [6, 6.07) is 6.78. The number of carbonyl (C=O) groups excluding carboxylic acids is 1. The van der Waals surface area contributed by atoms with Gasteiger partial charge < -0.3 is 29.6 Å². The molecule has 1 rings (SSSR count). The number of likely N-dealkylation sites (N-methyl/N-ethyl adjacent to an activating group) is 2. The third-order valence-electron chi connectivity index (χ3n) is 4.68. The predicted molar refractivity (Wildman–Crippen MR) is 131 cm³/mol. The Morgan fingerprint density at radius 3 is 2.29 bits per heavy atom. The first kappa shape index (κ1) is 33.3. The third-order valence-corrected chi connectivity index (χ3v) is 6.01. The van der Waals surface area contributed by atoms with Crippen molar-refractivity contribution in [3.05, 3.63) is 29.3 Å². The number of unbranched alkanes of at least 4 members (excludes halogenated alkanes) is 3. The van der Waals surface area contributed by atoms with Crippen LogP contribution in [0.2, 0.25) is 5.02 Å². The molecule has 202 valence electrons. The molecule has 0 spiro atoms. The second kappa shape index (κ2) is 16.1. The van der Waals surface area contributed by atoms with Gasteiger partial charge in [0.05, 0.1) is 34.2 Å². The molecule has 0 heterocycles. The summed E-state index contributed by atoms with van der Waals surface area (Å²) in [5.41, 5.74) is 0. The summed E-state index contributed by atoms with van der Waals surface area (Å²) in [4.78, 5) is 34.7. The number of phosphoric ester groups is 1. The summed E-state index contributed by atoms with van der Waals surface area (Å²) in [6.45, 7) is 0.765. The summed E-state index contributed by atoms with van der Waals surface area (Å²) in [5, 5.41) is 9.60. The molecule has 1 aromatic rings. The Labute approximate surface area is 212 Å². The molecule has 0 aliphatic heterocycles. The van der Waals surface area contributed by atoms with Gasteiger partial charge in [-0.1, -0.05) is 24.4 Å². The molecular formula is C22H38ClN2O9P. The smallest absolute Gasteiger partial charge is 0.472 e. The van der Waals surface area contributed by atoms with Crippen molar-refractivity contribution in [2.24, 2.45) is 0 Å². The molecule has 1 aromatic carbocycles. The van der Waals surface area contributed by atoms with Crippen molar-refractivity contribution in [2.45, 2.75) is 38.2 Å². The van der Waals surface area contributed by atoms with Crippen LogP contribution < -0.4 is 4.74 Å². The van der Waals surface area contributed by atoms with Gasteiger partial charge in [-0.2, -0.15) is 0 Å². The monoisotopic (exact) mass is 540 g/mol. The average Bonchev–Trinajstić information content (AvgIpc) is 2.70. The van der Waals surface area contributed by atoms with E-state index in [4.69, 9.17) is 30.5 Å². The van der Waals surface area contributed by atoms with Crippen LogP contribution in [0.1, 0.15) is 32.1 Å². The molecular weight excluding hydrogens is 503 g/mol. The lowest BCUT2D eigenvalue weighted by molar-refractivity contribution is -0.873. The molecule has 13 heteroatoms. The van der Waals surface area contributed by atoms with Gasteiger partial charge in [0, 0.05) is 18.6 Å². The minimum Gasteiger partial charge on any atom is -0.870 e. The van der Waals surface area contributed by atoms with Crippen molar-refractivity contribution in [3.8, 4) is 5.75 Å². The fourth-order valence-corrected chi connectivity index (χ4v) is 4.12. The van der Waals surface area contributed by atoms with Crippen molar-refractivity contribution < 1.29 is 47.9 Å². The normalized spacial score (nSPS) is 13.9. The fourth-order valence-electron chi connectivity index (χ4n) is 3.05. The molecule has 0 saturated carbocycles. The maximum atomic E-state index is 12.2. The minimum atomic E-state index is -4.36. The number of carboxylic acids is 1. The number of carbonyl (C=O) groups is 2. The van der Waals surface area contributed by atoms with Crippen LogP contribution in [0, 0.1) is 0 Å². The Morgan fingerprint density at radius 2 is 1.71 bits per heavy atom. The molecule has 35 heavy (non-hydrogen) atoms. The number of benzene rings is 1. The van der Waals surface area contributed by atoms with Crippen molar-refractivity contribution in [1.29, 1.82) is 0 Å². The van der Waals surface area contributed by atoms with E-state index in [-0.39, 0.29) is 37.6 Å². The van der Waals surface area contributed by atoms with E-state index in [0.717, 1.165) is 19.3 Å². The molecule has 0 bridgehead atoms. The van der Waals surface area contributed by atoms with Crippen LogP contribution in [0.4, 0.5) is 0 Å².